The maximum atomic E-state index is 12.3. The Morgan fingerprint density at radius 3 is 2.47 bits per heavy atom. The third-order valence-electron chi connectivity index (χ3n) is 3.93. The maximum Gasteiger partial charge on any atom is 0.390 e. The molecule has 1 heterocycles. The smallest absolute Gasteiger partial charge is 0.311 e. The van der Waals surface area contributed by atoms with Crippen LogP contribution in [0.3, 0.4) is 0 Å². The molecule has 0 aromatic heterocycles. The van der Waals surface area contributed by atoms with Crippen LogP contribution in [0, 0.1) is 5.92 Å². The zero-order valence-electron chi connectivity index (χ0n) is 10.5. The van der Waals surface area contributed by atoms with E-state index in [0.29, 0.717) is 12.0 Å². The van der Waals surface area contributed by atoms with E-state index in [4.69, 9.17) is 0 Å². The molecule has 0 bridgehead atoms. The normalized spacial score (nSPS) is 30.5. The van der Waals surface area contributed by atoms with E-state index in [9.17, 15) is 13.2 Å². The van der Waals surface area contributed by atoms with Gasteiger partial charge in [-0.2, -0.15) is 13.2 Å². The zero-order valence-corrected chi connectivity index (χ0v) is 10.5. The molecule has 0 aromatic carbocycles. The Morgan fingerprint density at radius 1 is 1.29 bits per heavy atom. The molecule has 1 N–H and O–H groups in total. The average molecular weight is 250 g/mol. The highest BCUT2D eigenvalue weighted by Gasteiger charge is 2.41. The van der Waals surface area contributed by atoms with Gasteiger partial charge in [-0.15, -0.1) is 0 Å². The summed E-state index contributed by atoms with van der Waals surface area (Å²) in [7, 11) is 0. The molecule has 2 aliphatic rings. The fourth-order valence-corrected chi connectivity index (χ4v) is 2.51. The van der Waals surface area contributed by atoms with Crippen molar-refractivity contribution >= 4 is 0 Å². The third-order valence-corrected chi connectivity index (χ3v) is 3.93. The van der Waals surface area contributed by atoms with E-state index in [0.717, 1.165) is 13.1 Å². The van der Waals surface area contributed by atoms with E-state index in [-0.39, 0.29) is 12.1 Å². The second kappa shape index (κ2) is 4.43. The lowest BCUT2D eigenvalue weighted by Crippen LogP contribution is -2.62. The Kier molecular flexibility index (Phi) is 3.42. The summed E-state index contributed by atoms with van der Waals surface area (Å²) in [4.78, 5) is 2.00. The van der Waals surface area contributed by atoms with Gasteiger partial charge in [0.2, 0.25) is 0 Å². The first-order valence-corrected chi connectivity index (χ1v) is 6.33. The Labute approximate surface area is 101 Å². The minimum atomic E-state index is -4.05. The number of halogens is 3. The van der Waals surface area contributed by atoms with Crippen LogP contribution in [0.2, 0.25) is 0 Å². The number of nitrogens with zero attached hydrogens (tertiary/aromatic N) is 1. The molecular formula is C12H21F3N2. The monoisotopic (exact) mass is 250 g/mol. The molecule has 0 radical (unpaired) electrons. The molecule has 0 spiro atoms. The first kappa shape index (κ1) is 13.1. The van der Waals surface area contributed by atoms with Crippen molar-refractivity contribution in [3.8, 4) is 0 Å². The van der Waals surface area contributed by atoms with Crippen molar-refractivity contribution in [3.63, 3.8) is 0 Å². The van der Waals surface area contributed by atoms with Crippen molar-refractivity contribution in [3.05, 3.63) is 0 Å². The van der Waals surface area contributed by atoms with Crippen LogP contribution in [-0.4, -0.2) is 42.3 Å². The number of piperazine rings is 1. The molecule has 5 heteroatoms. The van der Waals surface area contributed by atoms with Crippen molar-refractivity contribution in [2.24, 2.45) is 5.92 Å². The fourth-order valence-electron chi connectivity index (χ4n) is 2.51. The van der Waals surface area contributed by atoms with Crippen molar-refractivity contribution in [1.82, 2.24) is 10.2 Å². The van der Waals surface area contributed by atoms with Gasteiger partial charge in [-0.05, 0) is 32.6 Å². The Hall–Kier alpha value is -0.290. The van der Waals surface area contributed by atoms with Crippen LogP contribution in [0.5, 0.6) is 0 Å². The van der Waals surface area contributed by atoms with Crippen LogP contribution in [0.4, 0.5) is 13.2 Å². The topological polar surface area (TPSA) is 15.3 Å². The van der Waals surface area contributed by atoms with Crippen LogP contribution in [0.1, 0.15) is 33.1 Å². The summed E-state index contributed by atoms with van der Waals surface area (Å²) in [6.45, 7) is 5.69. The first-order valence-electron chi connectivity index (χ1n) is 6.33. The molecule has 0 aromatic rings. The number of hydrogen-bond donors (Lipinski definition) is 1. The predicted molar refractivity (Wildman–Crippen MR) is 60.8 cm³/mol. The minimum absolute atomic E-state index is 0.126. The van der Waals surface area contributed by atoms with Gasteiger partial charge in [0, 0.05) is 31.2 Å². The second-order valence-corrected chi connectivity index (χ2v) is 5.95. The summed E-state index contributed by atoms with van der Waals surface area (Å²) in [6.07, 6.45) is -2.29. The average Bonchev–Trinajstić information content (AvgIpc) is 2.97. The van der Waals surface area contributed by atoms with Crippen LogP contribution in [0.15, 0.2) is 0 Å². The largest absolute Gasteiger partial charge is 0.390 e. The quantitative estimate of drug-likeness (QED) is 0.827. The molecule has 1 atom stereocenters. The summed E-state index contributed by atoms with van der Waals surface area (Å²) in [5.41, 5.74) is -0.170. The van der Waals surface area contributed by atoms with Crippen LogP contribution in [0.25, 0.3) is 0 Å². The number of rotatable bonds is 3. The van der Waals surface area contributed by atoms with Crippen molar-refractivity contribution in [1.29, 1.82) is 0 Å². The fraction of sp³-hybridized carbons (Fsp3) is 1.00. The summed E-state index contributed by atoms with van der Waals surface area (Å²) >= 11 is 0. The van der Waals surface area contributed by atoms with Gasteiger partial charge in [-0.1, -0.05) is 0 Å². The van der Waals surface area contributed by atoms with Gasteiger partial charge in [-0.3, -0.25) is 4.90 Å². The minimum Gasteiger partial charge on any atom is -0.311 e. The lowest BCUT2D eigenvalue weighted by atomic mass is 9.95. The van der Waals surface area contributed by atoms with Gasteiger partial charge in [0.05, 0.1) is 6.42 Å². The summed E-state index contributed by atoms with van der Waals surface area (Å²) in [5.74, 6) is 0.694. The maximum absolute atomic E-state index is 12.3. The van der Waals surface area contributed by atoms with Gasteiger partial charge in [0.15, 0.2) is 0 Å². The molecule has 1 aliphatic heterocycles. The van der Waals surface area contributed by atoms with Crippen LogP contribution < -0.4 is 5.32 Å². The zero-order chi connectivity index (χ0) is 12.7. The molecule has 17 heavy (non-hydrogen) atoms. The molecule has 1 saturated heterocycles. The van der Waals surface area contributed by atoms with Crippen molar-refractivity contribution < 1.29 is 13.2 Å². The lowest BCUT2D eigenvalue weighted by Gasteiger charge is -2.46. The van der Waals surface area contributed by atoms with E-state index >= 15 is 0 Å². The molecule has 0 amide bonds. The number of nitrogens with one attached hydrogen (secondary N) is 1. The second-order valence-electron chi connectivity index (χ2n) is 5.95. The SMILES string of the molecule is CC1(C)CNC(C2CC2)CN1CCC(F)(F)F. The van der Waals surface area contributed by atoms with Gasteiger partial charge < -0.3 is 5.32 Å². The highest BCUT2D eigenvalue weighted by atomic mass is 19.4. The molecule has 1 aliphatic carbocycles. The van der Waals surface area contributed by atoms with Crippen molar-refractivity contribution in [2.45, 2.75) is 50.9 Å². The molecule has 2 nitrogen and oxygen atoms in total. The van der Waals surface area contributed by atoms with E-state index in [1.165, 1.54) is 12.8 Å². The summed E-state index contributed by atoms with van der Waals surface area (Å²) in [6, 6.07) is 0.399. The Balaban J connectivity index is 1.90. The number of alkyl halides is 3. The highest BCUT2D eigenvalue weighted by molar-refractivity contribution is 4.98. The standard InChI is InChI=1S/C12H21F3N2/c1-11(2)8-16-10(9-3-4-9)7-17(11)6-5-12(13,14)15/h9-10,16H,3-8H2,1-2H3. The molecule has 1 unspecified atom stereocenters. The highest BCUT2D eigenvalue weighted by Crippen LogP contribution is 2.36. The Bertz CT molecular complexity index is 271. The molecule has 100 valence electrons. The van der Waals surface area contributed by atoms with E-state index in [2.05, 4.69) is 5.32 Å². The van der Waals surface area contributed by atoms with Crippen molar-refractivity contribution in [2.75, 3.05) is 19.6 Å². The number of hydrogen-bond acceptors (Lipinski definition) is 2. The summed E-state index contributed by atoms with van der Waals surface area (Å²) in [5, 5.41) is 3.48. The first-order chi connectivity index (χ1) is 7.78. The third kappa shape index (κ3) is 3.58. The molecule has 2 rings (SSSR count). The van der Waals surface area contributed by atoms with Gasteiger partial charge in [0.25, 0.3) is 0 Å². The Morgan fingerprint density at radius 2 is 1.94 bits per heavy atom. The molecular weight excluding hydrogens is 229 g/mol. The summed E-state index contributed by atoms with van der Waals surface area (Å²) < 4.78 is 36.9. The van der Waals surface area contributed by atoms with Gasteiger partial charge in [0.1, 0.15) is 0 Å². The van der Waals surface area contributed by atoms with E-state index in [1.807, 2.05) is 18.7 Å². The van der Waals surface area contributed by atoms with Crippen LogP contribution in [-0.2, 0) is 0 Å². The molecule has 1 saturated carbocycles. The lowest BCUT2D eigenvalue weighted by molar-refractivity contribution is -0.142. The van der Waals surface area contributed by atoms with Gasteiger partial charge >= 0.3 is 6.18 Å². The van der Waals surface area contributed by atoms with Crippen LogP contribution >= 0.6 is 0 Å². The predicted octanol–water partition coefficient (Wildman–Crippen LogP) is 2.40. The molecule has 2 fully saturated rings. The van der Waals surface area contributed by atoms with E-state index in [1.54, 1.807) is 0 Å². The van der Waals surface area contributed by atoms with E-state index < -0.39 is 12.6 Å². The van der Waals surface area contributed by atoms with Gasteiger partial charge in [-0.25, -0.2) is 0 Å².